The number of hydrogen-bond acceptors (Lipinski definition) is 3. The van der Waals surface area contributed by atoms with Crippen molar-refractivity contribution in [3.63, 3.8) is 0 Å². The molecule has 0 fully saturated rings. The summed E-state index contributed by atoms with van der Waals surface area (Å²) in [5.41, 5.74) is 0.821. The molecule has 0 atom stereocenters. The molecule has 0 saturated heterocycles. The van der Waals surface area contributed by atoms with E-state index in [4.69, 9.17) is 10.2 Å². The summed E-state index contributed by atoms with van der Waals surface area (Å²) < 4.78 is 1.74. The number of rotatable bonds is 2. The third-order valence-corrected chi connectivity index (χ3v) is 3.70. The number of nitrogens with zero attached hydrogens (tertiary/aromatic N) is 1. The van der Waals surface area contributed by atoms with Crippen LogP contribution in [0, 0.1) is 0 Å². The highest BCUT2D eigenvalue weighted by atomic mass is 16.4. The Bertz CT molecular complexity index is 938. The summed E-state index contributed by atoms with van der Waals surface area (Å²) in [6, 6.07) is 8.64. The van der Waals surface area contributed by atoms with E-state index in [1.54, 1.807) is 23.7 Å². The number of hydrogen-bond donors (Lipinski definition) is 2. The lowest BCUT2D eigenvalue weighted by Gasteiger charge is -2.11. The minimum Gasteiger partial charge on any atom is -0.478 e. The molecule has 3 aromatic rings. The molecule has 0 radical (unpaired) electrons. The third kappa shape index (κ3) is 1.93. The van der Waals surface area contributed by atoms with Crippen LogP contribution in [-0.4, -0.2) is 26.7 Å². The molecular weight excluding hydrogens is 286 g/mol. The van der Waals surface area contributed by atoms with Crippen molar-refractivity contribution in [2.75, 3.05) is 0 Å². The van der Waals surface area contributed by atoms with Crippen LogP contribution in [0.15, 0.2) is 41.2 Å². The molecule has 0 bridgehead atoms. The number of carboxylic acid groups (broad SMARTS) is 2. The van der Waals surface area contributed by atoms with Gasteiger partial charge in [0.25, 0.3) is 0 Å². The minimum absolute atomic E-state index is 0.0124. The number of fused-ring (bicyclic) bond motifs is 2. The van der Waals surface area contributed by atoms with E-state index in [-0.39, 0.29) is 27.3 Å². The first-order valence-electron chi connectivity index (χ1n) is 6.43. The van der Waals surface area contributed by atoms with Crippen molar-refractivity contribution in [2.45, 2.75) is 0 Å². The number of carbonyl (C=O) groups is 2. The normalized spacial score (nSPS) is 11.0. The molecule has 6 heteroatoms. The number of aromatic nitrogens is 1. The molecule has 2 aromatic carbocycles. The van der Waals surface area contributed by atoms with Crippen LogP contribution in [0.5, 0.6) is 0 Å². The van der Waals surface area contributed by atoms with Crippen molar-refractivity contribution in [2.24, 2.45) is 7.05 Å². The van der Waals surface area contributed by atoms with E-state index in [2.05, 4.69) is 0 Å². The number of benzene rings is 2. The lowest BCUT2D eigenvalue weighted by atomic mass is 10.0. The van der Waals surface area contributed by atoms with Gasteiger partial charge >= 0.3 is 11.9 Å². The molecule has 3 rings (SSSR count). The predicted molar refractivity (Wildman–Crippen MR) is 80.6 cm³/mol. The SMILES string of the molecule is Cn1c2ccc(C(=O)O)cc2c(=O)c2cc(C(=O)O)ccc21. The fraction of sp³-hybridized carbons (Fsp3) is 0.0625. The summed E-state index contributed by atoms with van der Waals surface area (Å²) in [7, 11) is 1.74. The van der Waals surface area contributed by atoms with Gasteiger partial charge in [0.15, 0.2) is 5.43 Å². The van der Waals surface area contributed by atoms with Crippen molar-refractivity contribution in [1.82, 2.24) is 4.57 Å². The molecule has 1 aromatic heterocycles. The summed E-state index contributed by atoms with van der Waals surface area (Å²) in [5.74, 6) is -2.24. The zero-order valence-electron chi connectivity index (χ0n) is 11.5. The average molecular weight is 297 g/mol. The molecule has 6 nitrogen and oxygen atoms in total. The molecule has 22 heavy (non-hydrogen) atoms. The first-order valence-corrected chi connectivity index (χ1v) is 6.43. The van der Waals surface area contributed by atoms with E-state index < -0.39 is 11.9 Å². The zero-order valence-corrected chi connectivity index (χ0v) is 11.5. The van der Waals surface area contributed by atoms with Crippen LogP contribution >= 0.6 is 0 Å². The standard InChI is InChI=1S/C16H11NO5/c1-17-12-4-2-8(15(19)20)6-10(12)14(18)11-7-9(16(21)22)3-5-13(11)17/h2-7H,1H3,(H,19,20)(H,21,22). The van der Waals surface area contributed by atoms with E-state index in [1.165, 1.54) is 24.3 Å². The summed E-state index contributed by atoms with van der Waals surface area (Å²) in [6.07, 6.45) is 0. The largest absolute Gasteiger partial charge is 0.478 e. The topological polar surface area (TPSA) is 96.6 Å². The van der Waals surface area contributed by atoms with Gasteiger partial charge in [-0.05, 0) is 36.4 Å². The quantitative estimate of drug-likeness (QED) is 0.706. The Morgan fingerprint density at radius 3 is 1.64 bits per heavy atom. The lowest BCUT2D eigenvalue weighted by molar-refractivity contribution is 0.0686. The van der Waals surface area contributed by atoms with Gasteiger partial charge in [0.05, 0.1) is 22.2 Å². The van der Waals surface area contributed by atoms with Crippen LogP contribution in [0.1, 0.15) is 20.7 Å². The molecule has 0 aliphatic carbocycles. The molecule has 110 valence electrons. The van der Waals surface area contributed by atoms with Gasteiger partial charge in [-0.3, -0.25) is 4.79 Å². The molecule has 0 saturated carbocycles. The highest BCUT2D eigenvalue weighted by molar-refractivity contribution is 6.00. The van der Waals surface area contributed by atoms with Crippen LogP contribution in [0.2, 0.25) is 0 Å². The maximum Gasteiger partial charge on any atom is 0.335 e. The fourth-order valence-electron chi connectivity index (χ4n) is 2.56. The number of aromatic carboxylic acids is 2. The van der Waals surface area contributed by atoms with Crippen molar-refractivity contribution in [1.29, 1.82) is 0 Å². The highest BCUT2D eigenvalue weighted by Crippen LogP contribution is 2.20. The summed E-state index contributed by atoms with van der Waals surface area (Å²) >= 11 is 0. The Morgan fingerprint density at radius 2 is 1.27 bits per heavy atom. The van der Waals surface area contributed by atoms with Crippen molar-refractivity contribution in [3.05, 3.63) is 57.7 Å². The third-order valence-electron chi connectivity index (χ3n) is 3.70. The molecule has 1 heterocycles. The van der Waals surface area contributed by atoms with Gasteiger partial charge in [-0.15, -0.1) is 0 Å². The average Bonchev–Trinajstić information content (AvgIpc) is 2.51. The second kappa shape index (κ2) is 4.70. The molecule has 0 aliphatic rings. The van der Waals surface area contributed by atoms with Crippen molar-refractivity contribution >= 4 is 33.7 Å². The fourth-order valence-corrected chi connectivity index (χ4v) is 2.56. The monoisotopic (exact) mass is 297 g/mol. The maximum absolute atomic E-state index is 12.6. The van der Waals surface area contributed by atoms with Gasteiger partial charge in [0.2, 0.25) is 0 Å². The molecule has 0 amide bonds. The van der Waals surface area contributed by atoms with E-state index in [0.717, 1.165) is 0 Å². The lowest BCUT2D eigenvalue weighted by Crippen LogP contribution is -2.11. The van der Waals surface area contributed by atoms with Crippen LogP contribution in [0.3, 0.4) is 0 Å². The second-order valence-corrected chi connectivity index (χ2v) is 4.96. The van der Waals surface area contributed by atoms with Crippen molar-refractivity contribution < 1.29 is 19.8 Å². The van der Waals surface area contributed by atoms with Crippen LogP contribution in [0.25, 0.3) is 21.8 Å². The van der Waals surface area contributed by atoms with Crippen LogP contribution in [0.4, 0.5) is 0 Å². The first-order chi connectivity index (χ1) is 10.4. The maximum atomic E-state index is 12.6. The Balaban J connectivity index is 2.50. The second-order valence-electron chi connectivity index (χ2n) is 4.96. The van der Waals surface area contributed by atoms with E-state index in [1.807, 2.05) is 0 Å². The number of aryl methyl sites for hydroxylation is 1. The highest BCUT2D eigenvalue weighted by Gasteiger charge is 2.13. The van der Waals surface area contributed by atoms with Gasteiger partial charge < -0.3 is 14.8 Å². The summed E-state index contributed by atoms with van der Waals surface area (Å²) in [6.45, 7) is 0. The van der Waals surface area contributed by atoms with Gasteiger partial charge in [0, 0.05) is 17.8 Å². The van der Waals surface area contributed by atoms with Crippen LogP contribution < -0.4 is 5.43 Å². The Labute approximate surface area is 123 Å². The molecule has 0 unspecified atom stereocenters. The zero-order chi connectivity index (χ0) is 16.0. The molecule has 0 aliphatic heterocycles. The van der Waals surface area contributed by atoms with Gasteiger partial charge in [-0.2, -0.15) is 0 Å². The smallest absolute Gasteiger partial charge is 0.335 e. The predicted octanol–water partition coefficient (Wildman–Crippen LogP) is 2.09. The van der Waals surface area contributed by atoms with Crippen LogP contribution in [-0.2, 0) is 7.05 Å². The number of carboxylic acids is 2. The Kier molecular flexibility index (Phi) is 2.95. The van der Waals surface area contributed by atoms with E-state index in [0.29, 0.717) is 11.0 Å². The van der Waals surface area contributed by atoms with Gasteiger partial charge in [-0.1, -0.05) is 0 Å². The summed E-state index contributed by atoms with van der Waals surface area (Å²) in [5, 5.41) is 18.6. The molecule has 2 N–H and O–H groups in total. The van der Waals surface area contributed by atoms with E-state index >= 15 is 0 Å². The van der Waals surface area contributed by atoms with Gasteiger partial charge in [-0.25, -0.2) is 9.59 Å². The summed E-state index contributed by atoms with van der Waals surface area (Å²) in [4.78, 5) is 34.7. The Hall–Kier alpha value is -3.15. The van der Waals surface area contributed by atoms with Gasteiger partial charge in [0.1, 0.15) is 0 Å². The first kappa shape index (κ1) is 13.8. The molecule has 0 spiro atoms. The van der Waals surface area contributed by atoms with Crippen molar-refractivity contribution in [3.8, 4) is 0 Å². The molecular formula is C16H11NO5. The Morgan fingerprint density at radius 1 is 0.864 bits per heavy atom. The number of pyridine rings is 1. The van der Waals surface area contributed by atoms with E-state index in [9.17, 15) is 14.4 Å². The minimum atomic E-state index is -1.12.